The third-order valence-corrected chi connectivity index (χ3v) is 5.49. The summed E-state index contributed by atoms with van der Waals surface area (Å²) in [6.07, 6.45) is 6.63. The molecule has 1 saturated carbocycles. The van der Waals surface area contributed by atoms with Crippen LogP contribution in [0.1, 0.15) is 51.5 Å². The van der Waals surface area contributed by atoms with Crippen molar-refractivity contribution < 1.29 is 9.53 Å². The minimum atomic E-state index is 0. The molecule has 1 aliphatic heterocycles. The molecule has 1 N–H and O–H groups in total. The number of ether oxygens (including phenoxy) is 1. The molecule has 1 amide bonds. The topological polar surface area (TPSA) is 41.6 Å². The van der Waals surface area contributed by atoms with Gasteiger partial charge >= 0.3 is 0 Å². The molecule has 0 bridgehead atoms. The van der Waals surface area contributed by atoms with E-state index in [1.807, 2.05) is 17.0 Å². The Morgan fingerprint density at radius 3 is 2.80 bits per heavy atom. The smallest absolute Gasteiger partial charge is 0.223 e. The maximum atomic E-state index is 12.6. The van der Waals surface area contributed by atoms with E-state index in [-0.39, 0.29) is 24.4 Å². The molecular weight excluding hydrogens is 336 g/mol. The van der Waals surface area contributed by atoms with Crippen molar-refractivity contribution in [1.82, 2.24) is 10.2 Å². The van der Waals surface area contributed by atoms with Gasteiger partial charge in [0.1, 0.15) is 5.75 Å². The van der Waals surface area contributed by atoms with Gasteiger partial charge in [-0.15, -0.1) is 12.4 Å². The molecule has 2 fully saturated rings. The largest absolute Gasteiger partial charge is 0.490 e. The number of nitrogens with zero attached hydrogens (tertiary/aromatic N) is 1. The van der Waals surface area contributed by atoms with Gasteiger partial charge in [0.25, 0.3) is 0 Å². The SMILES string of the molecule is CC1NCCN(C(=O)CCc2cccc(OC3CCCC3)c2)C1C.Cl. The van der Waals surface area contributed by atoms with Crippen LogP contribution >= 0.6 is 12.4 Å². The van der Waals surface area contributed by atoms with Crippen molar-refractivity contribution in [1.29, 1.82) is 0 Å². The molecule has 3 rings (SSSR count). The molecule has 140 valence electrons. The zero-order chi connectivity index (χ0) is 16.9. The lowest BCUT2D eigenvalue weighted by Gasteiger charge is -2.38. The van der Waals surface area contributed by atoms with Crippen molar-refractivity contribution in [3.05, 3.63) is 29.8 Å². The summed E-state index contributed by atoms with van der Waals surface area (Å²) in [7, 11) is 0. The van der Waals surface area contributed by atoms with Gasteiger partial charge in [0, 0.05) is 31.6 Å². The standard InChI is InChI=1S/C20H30N2O2.ClH/c1-15-16(2)22(13-12-21-15)20(23)11-10-17-6-5-9-19(14-17)24-18-7-3-4-8-18;/h5-6,9,14-16,18,21H,3-4,7-8,10-13H2,1-2H3;1H. The van der Waals surface area contributed by atoms with Crippen molar-refractivity contribution in [2.24, 2.45) is 0 Å². The maximum absolute atomic E-state index is 12.6. The van der Waals surface area contributed by atoms with Gasteiger partial charge in [-0.3, -0.25) is 4.79 Å². The summed E-state index contributed by atoms with van der Waals surface area (Å²) in [5.41, 5.74) is 1.19. The number of amides is 1. The first-order valence-electron chi connectivity index (χ1n) is 9.42. The van der Waals surface area contributed by atoms with Crippen LogP contribution in [-0.4, -0.2) is 42.1 Å². The van der Waals surface area contributed by atoms with Crippen LogP contribution < -0.4 is 10.1 Å². The minimum absolute atomic E-state index is 0. The number of piperazine rings is 1. The first-order valence-corrected chi connectivity index (χ1v) is 9.42. The van der Waals surface area contributed by atoms with Crippen LogP contribution in [-0.2, 0) is 11.2 Å². The lowest BCUT2D eigenvalue weighted by Crippen LogP contribution is -2.57. The summed E-state index contributed by atoms with van der Waals surface area (Å²) < 4.78 is 6.07. The first kappa shape index (κ1) is 20.1. The van der Waals surface area contributed by atoms with Crippen LogP contribution in [0, 0.1) is 0 Å². The molecule has 1 saturated heterocycles. The molecular formula is C20H31ClN2O2. The summed E-state index contributed by atoms with van der Waals surface area (Å²) in [5.74, 6) is 1.22. The quantitative estimate of drug-likeness (QED) is 0.866. The number of aryl methyl sites for hydroxylation is 1. The fourth-order valence-corrected chi connectivity index (χ4v) is 3.78. The van der Waals surface area contributed by atoms with Crippen LogP contribution in [0.25, 0.3) is 0 Å². The van der Waals surface area contributed by atoms with Crippen LogP contribution in [0.5, 0.6) is 5.75 Å². The van der Waals surface area contributed by atoms with E-state index in [0.717, 1.165) is 25.3 Å². The fraction of sp³-hybridized carbons (Fsp3) is 0.650. The third kappa shape index (κ3) is 5.35. The summed E-state index contributed by atoms with van der Waals surface area (Å²) in [5, 5.41) is 3.42. The van der Waals surface area contributed by atoms with Gasteiger partial charge in [-0.25, -0.2) is 0 Å². The van der Waals surface area contributed by atoms with Gasteiger partial charge in [0.2, 0.25) is 5.91 Å². The zero-order valence-corrected chi connectivity index (χ0v) is 16.2. The molecule has 1 aromatic carbocycles. The predicted octanol–water partition coefficient (Wildman–Crippen LogP) is 3.57. The molecule has 2 unspecified atom stereocenters. The van der Waals surface area contributed by atoms with E-state index in [4.69, 9.17) is 4.74 Å². The molecule has 1 aromatic rings. The average Bonchev–Trinajstić information content (AvgIpc) is 3.08. The molecule has 2 aliphatic rings. The van der Waals surface area contributed by atoms with Gasteiger partial charge in [-0.2, -0.15) is 0 Å². The molecule has 1 heterocycles. The van der Waals surface area contributed by atoms with Gasteiger partial charge in [0.15, 0.2) is 0 Å². The second kappa shape index (κ2) is 9.44. The van der Waals surface area contributed by atoms with Crippen molar-refractivity contribution in [3.8, 4) is 5.75 Å². The number of carbonyl (C=O) groups is 1. The summed E-state index contributed by atoms with van der Waals surface area (Å²) in [6, 6.07) is 8.91. The monoisotopic (exact) mass is 366 g/mol. The number of rotatable bonds is 5. The Hall–Kier alpha value is -1.26. The number of nitrogens with one attached hydrogen (secondary N) is 1. The minimum Gasteiger partial charge on any atom is -0.490 e. The van der Waals surface area contributed by atoms with Crippen molar-refractivity contribution in [2.75, 3.05) is 13.1 Å². The normalized spacial score (nSPS) is 24.0. The zero-order valence-electron chi connectivity index (χ0n) is 15.4. The van der Waals surface area contributed by atoms with Crippen molar-refractivity contribution >= 4 is 18.3 Å². The van der Waals surface area contributed by atoms with Crippen LogP contribution in [0.3, 0.4) is 0 Å². The van der Waals surface area contributed by atoms with Crippen LogP contribution in [0.4, 0.5) is 0 Å². The second-order valence-electron chi connectivity index (χ2n) is 7.24. The fourth-order valence-electron chi connectivity index (χ4n) is 3.78. The number of carbonyl (C=O) groups excluding carboxylic acids is 1. The lowest BCUT2D eigenvalue weighted by molar-refractivity contribution is -0.134. The lowest BCUT2D eigenvalue weighted by atomic mass is 10.0. The predicted molar refractivity (Wildman–Crippen MR) is 104 cm³/mol. The highest BCUT2D eigenvalue weighted by Gasteiger charge is 2.27. The molecule has 5 heteroatoms. The van der Waals surface area contributed by atoms with Gasteiger partial charge < -0.3 is 15.0 Å². The highest BCUT2D eigenvalue weighted by molar-refractivity contribution is 5.85. The van der Waals surface area contributed by atoms with E-state index in [0.29, 0.717) is 18.6 Å². The Morgan fingerprint density at radius 1 is 1.28 bits per heavy atom. The van der Waals surface area contributed by atoms with E-state index in [1.54, 1.807) is 0 Å². The average molecular weight is 367 g/mol. The number of halogens is 1. The molecule has 0 aromatic heterocycles. The van der Waals surface area contributed by atoms with Gasteiger partial charge in [-0.1, -0.05) is 12.1 Å². The summed E-state index contributed by atoms with van der Waals surface area (Å²) >= 11 is 0. The highest BCUT2D eigenvalue weighted by atomic mass is 35.5. The Bertz CT molecular complexity index is 560. The molecule has 1 aliphatic carbocycles. The van der Waals surface area contributed by atoms with Gasteiger partial charge in [0.05, 0.1) is 6.10 Å². The maximum Gasteiger partial charge on any atom is 0.223 e. The summed E-state index contributed by atoms with van der Waals surface area (Å²) in [4.78, 5) is 14.6. The number of hydrogen-bond acceptors (Lipinski definition) is 3. The molecule has 0 radical (unpaired) electrons. The molecule has 25 heavy (non-hydrogen) atoms. The Kier molecular flexibility index (Phi) is 7.57. The molecule has 2 atom stereocenters. The number of benzene rings is 1. The highest BCUT2D eigenvalue weighted by Crippen LogP contribution is 2.25. The van der Waals surface area contributed by atoms with Crippen molar-refractivity contribution in [2.45, 2.75) is 70.6 Å². The molecule has 4 nitrogen and oxygen atoms in total. The third-order valence-electron chi connectivity index (χ3n) is 5.49. The molecule has 0 spiro atoms. The van der Waals surface area contributed by atoms with Crippen molar-refractivity contribution in [3.63, 3.8) is 0 Å². The van der Waals surface area contributed by atoms with E-state index in [2.05, 4.69) is 31.3 Å². The Morgan fingerprint density at radius 2 is 2.04 bits per heavy atom. The van der Waals surface area contributed by atoms with E-state index in [9.17, 15) is 4.79 Å². The number of hydrogen-bond donors (Lipinski definition) is 1. The van der Waals surface area contributed by atoms with Gasteiger partial charge in [-0.05, 0) is 63.6 Å². The van der Waals surface area contributed by atoms with Crippen LogP contribution in [0.15, 0.2) is 24.3 Å². The Labute approximate surface area is 157 Å². The van der Waals surface area contributed by atoms with Crippen LogP contribution in [0.2, 0.25) is 0 Å². The van der Waals surface area contributed by atoms with E-state index in [1.165, 1.54) is 31.2 Å². The summed E-state index contributed by atoms with van der Waals surface area (Å²) in [6.45, 7) is 5.98. The van der Waals surface area contributed by atoms with E-state index >= 15 is 0 Å². The van der Waals surface area contributed by atoms with E-state index < -0.39 is 0 Å². The first-order chi connectivity index (χ1) is 11.6. The second-order valence-corrected chi connectivity index (χ2v) is 7.24. The Balaban J connectivity index is 0.00000225.